The number of esters is 5. The van der Waals surface area contributed by atoms with Gasteiger partial charge in [-0.3, -0.25) is 14.4 Å². The number of rotatable bonds is 2. The average molecular weight is 575 g/mol. The van der Waals surface area contributed by atoms with Gasteiger partial charge in [0.15, 0.2) is 17.8 Å². The van der Waals surface area contributed by atoms with E-state index in [9.17, 15) is 29.1 Å². The molecule has 2 saturated carbocycles. The molecular weight excluding hydrogens is 540 g/mol. The third kappa shape index (κ3) is 2.44. The molecule has 0 amide bonds. The third-order valence-corrected chi connectivity index (χ3v) is 11.2. The number of hydrogen-bond donors (Lipinski definition) is 1. The van der Waals surface area contributed by atoms with Crippen molar-refractivity contribution < 1.29 is 57.5 Å². The number of aliphatic hydroxyl groups is 1. The van der Waals surface area contributed by atoms with Crippen LogP contribution in [-0.2, 0) is 52.4 Å². The Morgan fingerprint density at radius 1 is 0.902 bits per heavy atom. The monoisotopic (exact) mass is 574 g/mol. The molecule has 0 aromatic heterocycles. The van der Waals surface area contributed by atoms with Gasteiger partial charge in [0.2, 0.25) is 5.60 Å². The summed E-state index contributed by atoms with van der Waals surface area (Å²) >= 11 is 0. The Balaban J connectivity index is 1.78. The van der Waals surface area contributed by atoms with Crippen molar-refractivity contribution in [2.75, 3.05) is 0 Å². The van der Waals surface area contributed by atoms with Gasteiger partial charge in [-0.1, -0.05) is 20.1 Å². The van der Waals surface area contributed by atoms with Crippen LogP contribution in [0, 0.1) is 16.2 Å². The lowest BCUT2D eigenvalue weighted by molar-refractivity contribution is -0.276. The second kappa shape index (κ2) is 7.38. The molecule has 222 valence electrons. The highest BCUT2D eigenvalue weighted by Crippen LogP contribution is 2.85. The molecule has 6 rings (SSSR count). The maximum Gasteiger partial charge on any atom is 0.345 e. The molecule has 0 radical (unpaired) electrons. The van der Waals surface area contributed by atoms with Crippen LogP contribution in [0.3, 0.4) is 0 Å². The van der Waals surface area contributed by atoms with E-state index in [0.717, 1.165) is 0 Å². The fourth-order valence-electron chi connectivity index (χ4n) is 9.46. The topological polar surface area (TPSA) is 161 Å². The van der Waals surface area contributed by atoms with Gasteiger partial charge >= 0.3 is 29.8 Å². The van der Waals surface area contributed by atoms with Gasteiger partial charge < -0.3 is 33.5 Å². The van der Waals surface area contributed by atoms with Crippen molar-refractivity contribution in [3.05, 3.63) is 24.3 Å². The molecule has 6 fully saturated rings. The van der Waals surface area contributed by atoms with Gasteiger partial charge in [-0.05, 0) is 51.7 Å². The number of carbonyl (C=O) groups excluding carboxylic acids is 5. The van der Waals surface area contributed by atoms with Crippen molar-refractivity contribution in [3.63, 3.8) is 0 Å². The Morgan fingerprint density at radius 2 is 1.51 bits per heavy atom. The first-order chi connectivity index (χ1) is 18.8. The van der Waals surface area contributed by atoms with Gasteiger partial charge in [-0.15, -0.1) is 0 Å². The largest absolute Gasteiger partial charge is 0.462 e. The van der Waals surface area contributed by atoms with Crippen LogP contribution in [0.4, 0.5) is 0 Å². The van der Waals surface area contributed by atoms with E-state index in [4.69, 9.17) is 28.4 Å². The summed E-state index contributed by atoms with van der Waals surface area (Å²) in [4.78, 5) is 66.4. The van der Waals surface area contributed by atoms with Gasteiger partial charge in [0, 0.05) is 19.3 Å². The van der Waals surface area contributed by atoms with Crippen LogP contribution in [-0.4, -0.2) is 81.8 Å². The van der Waals surface area contributed by atoms with E-state index in [2.05, 4.69) is 13.2 Å². The van der Waals surface area contributed by atoms with E-state index < -0.39 is 92.9 Å². The number of ether oxygens (including phenoxy) is 6. The molecule has 1 N–H and O–H groups in total. The minimum absolute atomic E-state index is 0.0797. The Hall–Kier alpha value is -3.25. The number of hydrogen-bond acceptors (Lipinski definition) is 12. The first-order valence-electron chi connectivity index (χ1n) is 13.6. The van der Waals surface area contributed by atoms with E-state index in [1.54, 1.807) is 20.8 Å². The molecule has 4 heterocycles. The third-order valence-electron chi connectivity index (χ3n) is 11.2. The Bertz CT molecular complexity index is 1400. The molecule has 12 nitrogen and oxygen atoms in total. The quantitative estimate of drug-likeness (QED) is 0.286. The van der Waals surface area contributed by atoms with Crippen LogP contribution in [0.25, 0.3) is 0 Å². The predicted octanol–water partition coefficient (Wildman–Crippen LogP) is 1.21. The van der Waals surface area contributed by atoms with Crippen molar-refractivity contribution in [2.24, 2.45) is 16.2 Å². The standard InChI is InChI=1S/C29H34O12/c1-12-24(8)20(38-16(5)31)28-13(2)26(10-17(32)19(33)39-23(26,6)7)11-18(37-15(4)30)25(28,9)27(12)21(34)36-14(3)29(27,41-28)22(35)40-24/h14,17-18,20,32H,1-2,10-11H2,3-9H3/t14-,17+,18-,20-,24+,25-,26+,27+,28+,29-/m1/s1. The Labute approximate surface area is 236 Å². The maximum atomic E-state index is 14.2. The fraction of sp³-hybridized carbons (Fsp3) is 0.690. The lowest BCUT2D eigenvalue weighted by Gasteiger charge is -2.70. The summed E-state index contributed by atoms with van der Waals surface area (Å²) < 4.78 is 36.4. The lowest BCUT2D eigenvalue weighted by atomic mass is 9.34. The maximum absolute atomic E-state index is 14.2. The first kappa shape index (κ1) is 27.9. The molecule has 4 saturated heterocycles. The molecule has 6 aliphatic rings. The van der Waals surface area contributed by atoms with E-state index in [1.165, 1.54) is 27.7 Å². The van der Waals surface area contributed by atoms with Gasteiger partial charge in [0.05, 0.1) is 5.41 Å². The molecule has 2 spiro atoms. The number of cyclic esters (lactones) is 2. The van der Waals surface area contributed by atoms with Crippen LogP contribution in [0.1, 0.15) is 61.3 Å². The average Bonchev–Trinajstić information content (AvgIpc) is 3.16. The number of aliphatic hydroxyl groups excluding tert-OH is 1. The van der Waals surface area contributed by atoms with Crippen molar-refractivity contribution in [3.8, 4) is 0 Å². The highest BCUT2D eigenvalue weighted by Gasteiger charge is 3.01. The molecular formula is C29H34O12. The molecule has 12 heteroatoms. The number of carbonyl (C=O) groups is 5. The lowest BCUT2D eigenvalue weighted by Crippen LogP contribution is -2.83. The highest BCUT2D eigenvalue weighted by atomic mass is 16.7. The molecule has 4 aliphatic heterocycles. The molecule has 0 unspecified atom stereocenters. The smallest absolute Gasteiger partial charge is 0.345 e. The van der Waals surface area contributed by atoms with Crippen molar-refractivity contribution in [2.45, 2.75) is 108 Å². The van der Waals surface area contributed by atoms with Crippen molar-refractivity contribution >= 4 is 29.8 Å². The Kier molecular flexibility index (Phi) is 5.02. The minimum atomic E-state index is -2.12. The molecule has 3 bridgehead atoms. The SMILES string of the molecule is C=C1[C@@]23C(=O)O[C@H](C)[C@]24O[C@@]2(C(=C)[C@]5(C[C@H](O)C(=O)OC5(C)C)C[C@@H](OC(C)=O)[C@]32C)[C@H](OC(C)=O)[C@@]1(C)OC4=O. The van der Waals surface area contributed by atoms with Crippen LogP contribution in [0.5, 0.6) is 0 Å². The first-order valence-corrected chi connectivity index (χ1v) is 13.6. The second-order valence-electron chi connectivity index (χ2n) is 13.1. The summed E-state index contributed by atoms with van der Waals surface area (Å²) in [6.45, 7) is 18.9. The number of fused-ring (bicyclic) bond motifs is 1. The zero-order chi connectivity index (χ0) is 30.5. The van der Waals surface area contributed by atoms with Gasteiger partial charge in [-0.25, -0.2) is 9.59 Å². The Morgan fingerprint density at radius 3 is 2.10 bits per heavy atom. The van der Waals surface area contributed by atoms with Gasteiger partial charge in [0.25, 0.3) is 0 Å². The van der Waals surface area contributed by atoms with E-state index in [1.807, 2.05) is 0 Å². The fourth-order valence-corrected chi connectivity index (χ4v) is 9.46. The summed E-state index contributed by atoms with van der Waals surface area (Å²) in [6, 6.07) is 0. The van der Waals surface area contributed by atoms with Crippen LogP contribution >= 0.6 is 0 Å². The zero-order valence-electron chi connectivity index (χ0n) is 24.1. The summed E-state index contributed by atoms with van der Waals surface area (Å²) in [5, 5.41) is 10.8. The van der Waals surface area contributed by atoms with E-state index >= 15 is 0 Å². The summed E-state index contributed by atoms with van der Waals surface area (Å²) in [5.74, 6) is -4.05. The van der Waals surface area contributed by atoms with E-state index in [-0.39, 0.29) is 24.0 Å². The normalized spacial score (nSPS) is 50.5. The van der Waals surface area contributed by atoms with Crippen molar-refractivity contribution in [1.82, 2.24) is 0 Å². The summed E-state index contributed by atoms with van der Waals surface area (Å²) in [7, 11) is 0. The van der Waals surface area contributed by atoms with Gasteiger partial charge in [-0.2, -0.15) is 0 Å². The second-order valence-corrected chi connectivity index (χ2v) is 13.1. The highest BCUT2D eigenvalue weighted by molar-refractivity contribution is 6.03. The zero-order valence-corrected chi connectivity index (χ0v) is 24.1. The molecule has 0 aromatic rings. The van der Waals surface area contributed by atoms with Crippen molar-refractivity contribution in [1.29, 1.82) is 0 Å². The molecule has 41 heavy (non-hydrogen) atoms. The summed E-state index contributed by atoms with van der Waals surface area (Å²) in [5.41, 5.74) is -12.0. The van der Waals surface area contributed by atoms with E-state index in [0.29, 0.717) is 0 Å². The predicted molar refractivity (Wildman–Crippen MR) is 134 cm³/mol. The minimum Gasteiger partial charge on any atom is -0.462 e. The molecule has 0 aromatic carbocycles. The summed E-state index contributed by atoms with van der Waals surface area (Å²) in [6.07, 6.45) is -5.78. The van der Waals surface area contributed by atoms with Crippen LogP contribution < -0.4 is 0 Å². The molecule has 2 aliphatic carbocycles. The van der Waals surface area contributed by atoms with Gasteiger partial charge in [0.1, 0.15) is 28.8 Å². The van der Waals surface area contributed by atoms with Crippen LogP contribution in [0.15, 0.2) is 24.3 Å². The molecule has 10 atom stereocenters. The van der Waals surface area contributed by atoms with Crippen LogP contribution in [0.2, 0.25) is 0 Å².